The highest BCUT2D eigenvalue weighted by Crippen LogP contribution is 2.21. The van der Waals surface area contributed by atoms with Crippen molar-refractivity contribution in [2.24, 2.45) is 0 Å². The molecule has 0 saturated carbocycles. The standard InChI is InChI=1S/C11H13N3OS.C2HF3O2/c1-8(2)11-13-10(15-14-11)7-16-9-3-5-12-6-4-9;3-2(4,5)1(6)7/h3-6,8H,7H2,1-2H3;(H,6,7). The number of thioether (sulfide) groups is 1. The average Bonchev–Trinajstić information content (AvgIpc) is 2.95. The van der Waals surface area contributed by atoms with Crippen LogP contribution < -0.4 is 0 Å². The molecule has 0 amide bonds. The molecule has 0 unspecified atom stereocenters. The third kappa shape index (κ3) is 7.13. The molecule has 2 rings (SSSR count). The highest BCUT2D eigenvalue weighted by molar-refractivity contribution is 7.98. The van der Waals surface area contributed by atoms with Crippen molar-refractivity contribution in [3.63, 3.8) is 0 Å². The maximum absolute atomic E-state index is 10.6. The molecule has 0 fully saturated rings. The molecule has 0 bridgehead atoms. The fraction of sp³-hybridized carbons (Fsp3) is 0.385. The highest BCUT2D eigenvalue weighted by atomic mass is 32.2. The van der Waals surface area contributed by atoms with Crippen LogP contribution in [0, 0.1) is 0 Å². The van der Waals surface area contributed by atoms with Gasteiger partial charge in [-0.15, -0.1) is 11.8 Å². The van der Waals surface area contributed by atoms with E-state index in [0.29, 0.717) is 17.6 Å². The smallest absolute Gasteiger partial charge is 0.475 e. The van der Waals surface area contributed by atoms with E-state index in [1.165, 1.54) is 0 Å². The molecule has 0 radical (unpaired) electrons. The van der Waals surface area contributed by atoms with Gasteiger partial charge in [0.15, 0.2) is 5.82 Å². The number of carboxylic acids is 1. The molecule has 0 aromatic carbocycles. The third-order valence-electron chi connectivity index (χ3n) is 2.25. The predicted octanol–water partition coefficient (Wildman–Crippen LogP) is 3.51. The van der Waals surface area contributed by atoms with Crippen LogP contribution in [-0.4, -0.2) is 32.4 Å². The molecular weight excluding hydrogens is 335 g/mol. The zero-order chi connectivity index (χ0) is 17.5. The van der Waals surface area contributed by atoms with Crippen molar-refractivity contribution in [2.45, 2.75) is 36.6 Å². The van der Waals surface area contributed by atoms with Crippen LogP contribution in [0.2, 0.25) is 0 Å². The number of hydrogen-bond donors (Lipinski definition) is 1. The first-order chi connectivity index (χ1) is 10.7. The van der Waals surface area contributed by atoms with Gasteiger partial charge in [0.1, 0.15) is 0 Å². The van der Waals surface area contributed by atoms with Crippen LogP contribution in [0.3, 0.4) is 0 Å². The second kappa shape index (κ2) is 8.51. The number of alkyl halides is 3. The number of nitrogens with zero attached hydrogens (tertiary/aromatic N) is 3. The summed E-state index contributed by atoms with van der Waals surface area (Å²) in [6, 6.07) is 3.93. The molecular formula is C13H14F3N3O3S. The Labute approximate surface area is 134 Å². The first kappa shape index (κ1) is 18.9. The van der Waals surface area contributed by atoms with Gasteiger partial charge in [0.25, 0.3) is 0 Å². The molecule has 2 aromatic rings. The van der Waals surface area contributed by atoms with Gasteiger partial charge < -0.3 is 9.63 Å². The van der Waals surface area contributed by atoms with E-state index >= 15 is 0 Å². The summed E-state index contributed by atoms with van der Waals surface area (Å²) in [5.41, 5.74) is 0. The molecule has 10 heteroatoms. The van der Waals surface area contributed by atoms with Crippen molar-refractivity contribution in [1.82, 2.24) is 15.1 Å². The Hall–Kier alpha value is -2.10. The molecule has 0 aliphatic rings. The van der Waals surface area contributed by atoms with Gasteiger partial charge in [-0.3, -0.25) is 4.98 Å². The minimum Gasteiger partial charge on any atom is -0.475 e. The van der Waals surface area contributed by atoms with Gasteiger partial charge in [-0.2, -0.15) is 18.2 Å². The lowest BCUT2D eigenvalue weighted by atomic mass is 10.2. The van der Waals surface area contributed by atoms with E-state index in [4.69, 9.17) is 14.4 Å². The van der Waals surface area contributed by atoms with Gasteiger partial charge in [-0.25, -0.2) is 4.79 Å². The molecule has 0 aliphatic heterocycles. The van der Waals surface area contributed by atoms with Crippen molar-refractivity contribution in [3.05, 3.63) is 36.2 Å². The second-order valence-corrected chi connectivity index (χ2v) is 5.52. The molecule has 126 valence electrons. The molecule has 0 atom stereocenters. The monoisotopic (exact) mass is 349 g/mol. The van der Waals surface area contributed by atoms with E-state index in [1.54, 1.807) is 24.2 Å². The lowest BCUT2D eigenvalue weighted by molar-refractivity contribution is -0.192. The Morgan fingerprint density at radius 3 is 2.35 bits per heavy atom. The average molecular weight is 349 g/mol. The fourth-order valence-corrected chi connectivity index (χ4v) is 1.86. The first-order valence-electron chi connectivity index (χ1n) is 6.35. The van der Waals surface area contributed by atoms with Crippen LogP contribution in [-0.2, 0) is 10.5 Å². The van der Waals surface area contributed by atoms with E-state index in [2.05, 4.69) is 15.1 Å². The molecule has 0 saturated heterocycles. The van der Waals surface area contributed by atoms with Crippen molar-refractivity contribution in [3.8, 4) is 0 Å². The number of rotatable bonds is 4. The molecule has 6 nitrogen and oxygen atoms in total. The number of hydrogen-bond acceptors (Lipinski definition) is 6. The third-order valence-corrected chi connectivity index (χ3v) is 3.25. The molecule has 23 heavy (non-hydrogen) atoms. The summed E-state index contributed by atoms with van der Waals surface area (Å²) in [5, 5.41) is 11.0. The van der Waals surface area contributed by atoms with E-state index < -0.39 is 12.1 Å². The van der Waals surface area contributed by atoms with Gasteiger partial charge in [0.05, 0.1) is 5.75 Å². The van der Waals surface area contributed by atoms with Gasteiger partial charge in [0, 0.05) is 23.2 Å². The zero-order valence-corrected chi connectivity index (χ0v) is 13.1. The van der Waals surface area contributed by atoms with Gasteiger partial charge in [-0.1, -0.05) is 19.0 Å². The van der Waals surface area contributed by atoms with E-state index in [9.17, 15) is 13.2 Å². The maximum Gasteiger partial charge on any atom is 0.490 e. The fourth-order valence-electron chi connectivity index (χ4n) is 1.14. The number of halogens is 3. The van der Waals surface area contributed by atoms with Crippen molar-refractivity contribution >= 4 is 17.7 Å². The van der Waals surface area contributed by atoms with Gasteiger partial charge in [-0.05, 0) is 12.1 Å². The van der Waals surface area contributed by atoms with Gasteiger partial charge in [0.2, 0.25) is 5.89 Å². The van der Waals surface area contributed by atoms with E-state index in [-0.39, 0.29) is 0 Å². The maximum atomic E-state index is 10.6. The van der Waals surface area contributed by atoms with E-state index in [0.717, 1.165) is 10.7 Å². The minimum absolute atomic E-state index is 0.309. The molecule has 2 heterocycles. The van der Waals surface area contributed by atoms with Crippen LogP contribution in [0.15, 0.2) is 33.9 Å². The topological polar surface area (TPSA) is 89.1 Å². The Balaban J connectivity index is 0.000000322. The Morgan fingerprint density at radius 1 is 1.35 bits per heavy atom. The number of pyridine rings is 1. The lowest BCUT2D eigenvalue weighted by Crippen LogP contribution is -2.21. The Morgan fingerprint density at radius 2 is 1.91 bits per heavy atom. The molecule has 2 aromatic heterocycles. The zero-order valence-electron chi connectivity index (χ0n) is 12.2. The van der Waals surface area contributed by atoms with Crippen LogP contribution in [0.25, 0.3) is 0 Å². The number of carboxylic acid groups (broad SMARTS) is 1. The first-order valence-corrected chi connectivity index (χ1v) is 7.34. The van der Waals surface area contributed by atoms with Crippen LogP contribution in [0.5, 0.6) is 0 Å². The van der Waals surface area contributed by atoms with Crippen LogP contribution >= 0.6 is 11.8 Å². The molecule has 0 aliphatic carbocycles. The molecule has 1 N–H and O–H groups in total. The quantitative estimate of drug-likeness (QED) is 0.845. The predicted molar refractivity (Wildman–Crippen MR) is 75.9 cm³/mol. The Kier molecular flexibility index (Phi) is 7.01. The largest absolute Gasteiger partial charge is 0.490 e. The summed E-state index contributed by atoms with van der Waals surface area (Å²) >= 11 is 1.66. The number of aliphatic carboxylic acids is 1. The van der Waals surface area contributed by atoms with Crippen molar-refractivity contribution < 1.29 is 27.6 Å². The lowest BCUT2D eigenvalue weighted by Gasteiger charge is -1.96. The SMILES string of the molecule is CC(C)c1noc(CSc2ccncc2)n1.O=C(O)C(F)(F)F. The Bertz CT molecular complexity index is 618. The summed E-state index contributed by atoms with van der Waals surface area (Å²) < 4.78 is 36.9. The summed E-state index contributed by atoms with van der Waals surface area (Å²) in [7, 11) is 0. The van der Waals surface area contributed by atoms with Crippen molar-refractivity contribution in [2.75, 3.05) is 0 Å². The van der Waals surface area contributed by atoms with Crippen LogP contribution in [0.4, 0.5) is 13.2 Å². The van der Waals surface area contributed by atoms with E-state index in [1.807, 2.05) is 26.0 Å². The number of aromatic nitrogens is 3. The van der Waals surface area contributed by atoms with Gasteiger partial charge >= 0.3 is 12.1 Å². The summed E-state index contributed by atoms with van der Waals surface area (Å²) in [5.74, 6) is -0.309. The summed E-state index contributed by atoms with van der Waals surface area (Å²) in [4.78, 5) is 18.3. The summed E-state index contributed by atoms with van der Waals surface area (Å²) in [6.45, 7) is 4.09. The highest BCUT2D eigenvalue weighted by Gasteiger charge is 2.38. The number of carbonyl (C=O) groups is 1. The molecule has 0 spiro atoms. The second-order valence-electron chi connectivity index (χ2n) is 4.48. The van der Waals surface area contributed by atoms with Crippen LogP contribution in [0.1, 0.15) is 31.5 Å². The normalized spacial score (nSPS) is 11.0. The minimum atomic E-state index is -5.08. The summed E-state index contributed by atoms with van der Waals surface area (Å²) in [6.07, 6.45) is -1.54. The van der Waals surface area contributed by atoms with Crippen molar-refractivity contribution in [1.29, 1.82) is 0 Å².